The van der Waals surface area contributed by atoms with Crippen LogP contribution in [0.4, 0.5) is 4.79 Å². The average molecular weight is 545 g/mol. The van der Waals surface area contributed by atoms with Crippen LogP contribution in [0.1, 0.15) is 44.2 Å². The third-order valence-corrected chi connectivity index (χ3v) is 5.89. The van der Waals surface area contributed by atoms with Crippen molar-refractivity contribution < 1.29 is 14.3 Å². The smallest absolute Gasteiger partial charge is 0.409 e. The van der Waals surface area contributed by atoms with Crippen LogP contribution in [0.25, 0.3) is 0 Å². The summed E-state index contributed by atoms with van der Waals surface area (Å²) in [6, 6.07) is 8.52. The summed E-state index contributed by atoms with van der Waals surface area (Å²) in [4.78, 5) is 20.7. The molecule has 1 aromatic rings. The van der Waals surface area contributed by atoms with Crippen LogP contribution in [0.15, 0.2) is 29.3 Å². The van der Waals surface area contributed by atoms with Crippen LogP contribution in [-0.2, 0) is 4.74 Å². The van der Waals surface area contributed by atoms with Crippen LogP contribution in [0, 0.1) is 0 Å². The van der Waals surface area contributed by atoms with E-state index in [-0.39, 0.29) is 42.2 Å². The average Bonchev–Trinajstić information content (AvgIpc) is 3.29. The van der Waals surface area contributed by atoms with Crippen molar-refractivity contribution in [1.82, 2.24) is 15.1 Å². The summed E-state index contributed by atoms with van der Waals surface area (Å²) in [5, 5.41) is 3.34. The molecule has 0 spiro atoms. The molecule has 2 aliphatic rings. The number of nitrogens with zero attached hydrogens (tertiary/aromatic N) is 3. The maximum Gasteiger partial charge on any atom is 0.409 e. The van der Waals surface area contributed by atoms with E-state index in [1.165, 1.54) is 12.8 Å². The number of hydrogen-bond donors (Lipinski definition) is 2. The van der Waals surface area contributed by atoms with Crippen LogP contribution in [0.2, 0.25) is 0 Å². The number of halogens is 1. The standard InChI is InChI=1S/C22H35N5O3.HI/c1-3-30-22(28)27-14-10-17(11-15-27)25-21(23)24-16-19(26-12-6-7-13-26)18-8-4-5-9-20(18)29-2;/h4-5,8-9,17,19H,3,6-7,10-16H2,1-2H3,(H3,23,24,25);1H. The first-order valence-corrected chi connectivity index (χ1v) is 11.0. The summed E-state index contributed by atoms with van der Waals surface area (Å²) >= 11 is 0. The Labute approximate surface area is 202 Å². The molecule has 1 atom stereocenters. The van der Waals surface area contributed by atoms with E-state index in [0.29, 0.717) is 32.2 Å². The molecule has 1 unspecified atom stereocenters. The first-order chi connectivity index (χ1) is 14.6. The van der Waals surface area contributed by atoms with Gasteiger partial charge in [0.25, 0.3) is 0 Å². The van der Waals surface area contributed by atoms with E-state index >= 15 is 0 Å². The Morgan fingerprint density at radius 3 is 2.55 bits per heavy atom. The number of nitrogens with two attached hydrogens (primary N) is 1. The van der Waals surface area contributed by atoms with E-state index in [4.69, 9.17) is 15.2 Å². The highest BCUT2D eigenvalue weighted by molar-refractivity contribution is 14.0. The highest BCUT2D eigenvalue weighted by atomic mass is 127. The minimum Gasteiger partial charge on any atom is -0.496 e. The summed E-state index contributed by atoms with van der Waals surface area (Å²) in [5.74, 6) is 1.35. The van der Waals surface area contributed by atoms with Gasteiger partial charge in [-0.15, -0.1) is 24.0 Å². The van der Waals surface area contributed by atoms with Gasteiger partial charge in [0, 0.05) is 24.7 Å². The number of guanidine groups is 1. The lowest BCUT2D eigenvalue weighted by atomic mass is 10.0. The molecule has 174 valence electrons. The highest BCUT2D eigenvalue weighted by Crippen LogP contribution is 2.31. The van der Waals surface area contributed by atoms with Crippen LogP contribution in [0.3, 0.4) is 0 Å². The predicted molar refractivity (Wildman–Crippen MR) is 133 cm³/mol. The molecule has 31 heavy (non-hydrogen) atoms. The highest BCUT2D eigenvalue weighted by Gasteiger charge is 2.26. The maximum absolute atomic E-state index is 11.8. The number of likely N-dealkylation sites (tertiary alicyclic amines) is 2. The number of carbonyl (C=O) groups is 1. The molecule has 2 aliphatic heterocycles. The number of nitrogens with one attached hydrogen (secondary N) is 1. The van der Waals surface area contributed by atoms with Gasteiger partial charge in [0.1, 0.15) is 5.75 Å². The van der Waals surface area contributed by atoms with E-state index < -0.39 is 0 Å². The number of amides is 1. The molecular weight excluding hydrogens is 509 g/mol. The van der Waals surface area contributed by atoms with Crippen LogP contribution in [-0.4, -0.2) is 74.3 Å². The molecule has 0 radical (unpaired) electrons. The molecule has 0 bridgehead atoms. The molecule has 1 aromatic carbocycles. The Morgan fingerprint density at radius 2 is 1.90 bits per heavy atom. The van der Waals surface area contributed by atoms with E-state index in [2.05, 4.69) is 21.3 Å². The molecule has 0 aromatic heterocycles. The van der Waals surface area contributed by atoms with Gasteiger partial charge in [-0.3, -0.25) is 9.89 Å². The first-order valence-electron chi connectivity index (χ1n) is 11.0. The van der Waals surface area contributed by atoms with Gasteiger partial charge < -0.3 is 25.4 Å². The fourth-order valence-corrected chi connectivity index (χ4v) is 4.27. The van der Waals surface area contributed by atoms with Gasteiger partial charge in [0.15, 0.2) is 5.96 Å². The lowest BCUT2D eigenvalue weighted by molar-refractivity contribution is 0.0963. The number of ether oxygens (including phenoxy) is 2. The molecule has 9 heteroatoms. The van der Waals surface area contributed by atoms with Crippen molar-refractivity contribution in [3.8, 4) is 5.75 Å². The normalized spacial score (nSPS) is 18.9. The summed E-state index contributed by atoms with van der Waals surface area (Å²) in [6.45, 7) is 6.28. The molecule has 3 rings (SSSR count). The number of para-hydroxylation sites is 1. The van der Waals surface area contributed by atoms with Crippen molar-refractivity contribution in [1.29, 1.82) is 0 Å². The van der Waals surface area contributed by atoms with Gasteiger partial charge in [-0.2, -0.15) is 0 Å². The molecule has 1 amide bonds. The molecule has 2 fully saturated rings. The molecule has 3 N–H and O–H groups in total. The van der Waals surface area contributed by atoms with Crippen molar-refractivity contribution in [3.63, 3.8) is 0 Å². The van der Waals surface area contributed by atoms with Crippen LogP contribution >= 0.6 is 24.0 Å². The zero-order valence-electron chi connectivity index (χ0n) is 18.6. The largest absolute Gasteiger partial charge is 0.496 e. The minimum atomic E-state index is -0.233. The summed E-state index contributed by atoms with van der Waals surface area (Å²) in [5.41, 5.74) is 7.38. The maximum atomic E-state index is 11.8. The lowest BCUT2D eigenvalue weighted by Gasteiger charge is -2.32. The number of carbonyl (C=O) groups excluding carboxylic acids is 1. The SMILES string of the molecule is CCOC(=O)N1CCC(NC(N)=NCC(c2ccccc2OC)N2CCCC2)CC1.I. The van der Waals surface area contributed by atoms with Crippen molar-refractivity contribution in [3.05, 3.63) is 29.8 Å². The molecule has 2 saturated heterocycles. The van der Waals surface area contributed by atoms with E-state index in [1.54, 1.807) is 12.0 Å². The minimum absolute atomic E-state index is 0. The molecular formula is C22H36IN5O3. The zero-order valence-corrected chi connectivity index (χ0v) is 20.9. The fraction of sp³-hybridized carbons (Fsp3) is 0.636. The quantitative estimate of drug-likeness (QED) is 0.311. The van der Waals surface area contributed by atoms with Gasteiger partial charge in [-0.25, -0.2) is 4.79 Å². The Balaban J connectivity index is 0.00000341. The number of methoxy groups -OCH3 is 1. The summed E-state index contributed by atoms with van der Waals surface area (Å²) in [7, 11) is 1.71. The fourth-order valence-electron chi connectivity index (χ4n) is 4.27. The third-order valence-electron chi connectivity index (χ3n) is 5.89. The molecule has 8 nitrogen and oxygen atoms in total. The Hall–Kier alpha value is -1.75. The van der Waals surface area contributed by atoms with Crippen molar-refractivity contribution >= 4 is 36.0 Å². The van der Waals surface area contributed by atoms with E-state index in [9.17, 15) is 4.79 Å². The molecule has 0 saturated carbocycles. The Kier molecular flexibility index (Phi) is 10.7. The Morgan fingerprint density at radius 1 is 1.23 bits per heavy atom. The van der Waals surface area contributed by atoms with E-state index in [0.717, 1.165) is 37.2 Å². The van der Waals surface area contributed by atoms with Crippen LogP contribution in [0.5, 0.6) is 5.75 Å². The predicted octanol–water partition coefficient (Wildman–Crippen LogP) is 2.98. The monoisotopic (exact) mass is 545 g/mol. The second kappa shape index (κ2) is 12.9. The number of hydrogen-bond acceptors (Lipinski definition) is 5. The van der Waals surface area contributed by atoms with Gasteiger partial charge in [-0.1, -0.05) is 18.2 Å². The van der Waals surface area contributed by atoms with Crippen LogP contribution < -0.4 is 15.8 Å². The van der Waals surface area contributed by atoms with E-state index in [1.807, 2.05) is 25.1 Å². The van der Waals surface area contributed by atoms with Gasteiger partial charge in [0.05, 0.1) is 26.3 Å². The number of rotatable bonds is 7. The van der Waals surface area contributed by atoms with Gasteiger partial charge in [0.2, 0.25) is 0 Å². The third kappa shape index (κ3) is 7.13. The summed E-state index contributed by atoms with van der Waals surface area (Å²) in [6.07, 6.45) is 3.85. The van der Waals surface area contributed by atoms with Gasteiger partial charge >= 0.3 is 6.09 Å². The number of aliphatic imine (C=N–C) groups is 1. The summed E-state index contributed by atoms with van der Waals surface area (Å²) < 4.78 is 10.7. The van der Waals surface area contributed by atoms with Crippen molar-refractivity contribution in [2.24, 2.45) is 10.7 Å². The Bertz CT molecular complexity index is 719. The molecule has 0 aliphatic carbocycles. The van der Waals surface area contributed by atoms with Crippen molar-refractivity contribution in [2.75, 3.05) is 46.4 Å². The second-order valence-electron chi connectivity index (χ2n) is 7.83. The first kappa shape index (κ1) is 25.5. The van der Waals surface area contributed by atoms with Crippen molar-refractivity contribution in [2.45, 2.75) is 44.7 Å². The molecule has 2 heterocycles. The zero-order chi connectivity index (χ0) is 21.3. The van der Waals surface area contributed by atoms with Gasteiger partial charge in [-0.05, 0) is 51.8 Å². The lowest BCUT2D eigenvalue weighted by Crippen LogP contribution is -2.48. The topological polar surface area (TPSA) is 92.4 Å². The number of benzene rings is 1. The second-order valence-corrected chi connectivity index (χ2v) is 7.83. The number of piperidine rings is 1.